The molecule has 2 unspecified atom stereocenters. The highest BCUT2D eigenvalue weighted by Crippen LogP contribution is 2.39. The number of carbonyl (C=O) groups excluding carboxylic acids is 1. The van der Waals surface area contributed by atoms with Crippen LogP contribution in [0.5, 0.6) is 0 Å². The van der Waals surface area contributed by atoms with Gasteiger partial charge >= 0.3 is 5.97 Å². The van der Waals surface area contributed by atoms with Crippen LogP contribution in [0, 0.1) is 5.92 Å². The van der Waals surface area contributed by atoms with E-state index in [1.807, 2.05) is 51.1 Å². The Hall–Kier alpha value is -1.95. The van der Waals surface area contributed by atoms with E-state index in [9.17, 15) is 4.79 Å². The highest BCUT2D eigenvalue weighted by Gasteiger charge is 2.40. The van der Waals surface area contributed by atoms with Crippen LogP contribution < -0.4 is 0 Å². The Morgan fingerprint density at radius 3 is 2.74 bits per heavy atom. The molecule has 0 saturated heterocycles. The van der Waals surface area contributed by atoms with Crippen molar-refractivity contribution in [3.05, 3.63) is 46.6 Å². The lowest BCUT2D eigenvalue weighted by molar-refractivity contribution is -0.151. The highest BCUT2D eigenvalue weighted by atomic mass is 79.9. The Kier molecular flexibility index (Phi) is 4.35. The van der Waals surface area contributed by atoms with Gasteiger partial charge in [0.05, 0.1) is 18.3 Å². The third-order valence-corrected chi connectivity index (χ3v) is 4.52. The molecule has 120 valence electrons. The van der Waals surface area contributed by atoms with E-state index in [2.05, 4.69) is 26.0 Å². The minimum absolute atomic E-state index is 0.172. The number of nitrogens with zero attached hydrogens (tertiary/aromatic N) is 3. The summed E-state index contributed by atoms with van der Waals surface area (Å²) >= 11 is 3.59. The number of benzene rings is 1. The van der Waals surface area contributed by atoms with Gasteiger partial charge in [0, 0.05) is 16.3 Å². The lowest BCUT2D eigenvalue weighted by atomic mass is 9.88. The molecule has 0 amide bonds. The molecule has 1 aliphatic rings. The van der Waals surface area contributed by atoms with Gasteiger partial charge in [0.25, 0.3) is 0 Å². The summed E-state index contributed by atoms with van der Waals surface area (Å²) < 4.78 is 8.19. The fraction of sp³-hybridized carbons (Fsp3) is 0.353. The Balaban J connectivity index is 2.13. The summed E-state index contributed by atoms with van der Waals surface area (Å²) in [6.07, 6.45) is 1.53. The van der Waals surface area contributed by atoms with Gasteiger partial charge < -0.3 is 4.74 Å². The van der Waals surface area contributed by atoms with E-state index in [-0.39, 0.29) is 18.1 Å². The number of hydrogen-bond acceptors (Lipinski definition) is 4. The SMILES string of the molecule is CC1=Nc2ccnn2C(c2ccccc2Br)C1C(=O)OC(C)C. The van der Waals surface area contributed by atoms with E-state index in [0.717, 1.165) is 21.6 Å². The van der Waals surface area contributed by atoms with E-state index in [1.165, 1.54) is 0 Å². The summed E-state index contributed by atoms with van der Waals surface area (Å²) in [7, 11) is 0. The molecule has 5 nitrogen and oxygen atoms in total. The zero-order valence-electron chi connectivity index (χ0n) is 13.2. The maximum atomic E-state index is 12.7. The first kappa shape index (κ1) is 15.9. The number of aliphatic imine (C=N–C) groups is 1. The zero-order chi connectivity index (χ0) is 16.6. The third-order valence-electron chi connectivity index (χ3n) is 3.80. The van der Waals surface area contributed by atoms with Crippen LogP contribution in [0.15, 0.2) is 46.0 Å². The average Bonchev–Trinajstić information content (AvgIpc) is 2.93. The Labute approximate surface area is 143 Å². The third kappa shape index (κ3) is 2.95. The first-order chi connectivity index (χ1) is 11.0. The molecule has 0 fully saturated rings. The molecule has 1 aliphatic heterocycles. The van der Waals surface area contributed by atoms with Crippen molar-refractivity contribution in [2.24, 2.45) is 10.9 Å². The second-order valence-corrected chi connectivity index (χ2v) is 6.67. The number of carbonyl (C=O) groups is 1. The second kappa shape index (κ2) is 6.28. The molecule has 3 rings (SSSR count). The molecule has 0 N–H and O–H groups in total. The quantitative estimate of drug-likeness (QED) is 0.764. The average molecular weight is 376 g/mol. The van der Waals surface area contributed by atoms with Gasteiger partial charge in [0.15, 0.2) is 5.82 Å². The van der Waals surface area contributed by atoms with Crippen molar-refractivity contribution in [2.45, 2.75) is 32.9 Å². The number of ether oxygens (including phenoxy) is 1. The van der Waals surface area contributed by atoms with Crippen LogP contribution in [0.1, 0.15) is 32.4 Å². The molecule has 2 heterocycles. The van der Waals surface area contributed by atoms with Gasteiger partial charge in [-0.25, -0.2) is 9.67 Å². The summed E-state index contributed by atoms with van der Waals surface area (Å²) in [5.74, 6) is -0.0245. The predicted molar refractivity (Wildman–Crippen MR) is 92.0 cm³/mol. The largest absolute Gasteiger partial charge is 0.462 e. The number of aromatic nitrogens is 2. The molecule has 0 bridgehead atoms. The summed E-state index contributed by atoms with van der Waals surface area (Å²) in [6, 6.07) is 9.42. The highest BCUT2D eigenvalue weighted by molar-refractivity contribution is 9.10. The van der Waals surface area contributed by atoms with Gasteiger partial charge in [-0.05, 0) is 32.4 Å². The maximum Gasteiger partial charge on any atom is 0.317 e. The van der Waals surface area contributed by atoms with Crippen LogP contribution in [-0.4, -0.2) is 27.6 Å². The normalized spacial score (nSPS) is 20.1. The van der Waals surface area contributed by atoms with E-state index in [4.69, 9.17) is 4.74 Å². The summed E-state index contributed by atoms with van der Waals surface area (Å²) in [5, 5.41) is 4.38. The van der Waals surface area contributed by atoms with Gasteiger partial charge in [-0.3, -0.25) is 4.79 Å². The van der Waals surface area contributed by atoms with E-state index in [1.54, 1.807) is 10.9 Å². The summed E-state index contributed by atoms with van der Waals surface area (Å²) in [5.41, 5.74) is 1.72. The molecule has 1 aromatic carbocycles. The summed E-state index contributed by atoms with van der Waals surface area (Å²) in [6.45, 7) is 5.56. The van der Waals surface area contributed by atoms with Crippen molar-refractivity contribution >= 4 is 33.4 Å². The number of halogens is 1. The number of rotatable bonds is 3. The van der Waals surface area contributed by atoms with Crippen LogP contribution in [0.4, 0.5) is 5.82 Å². The smallest absolute Gasteiger partial charge is 0.317 e. The van der Waals surface area contributed by atoms with Crippen LogP contribution in [0.25, 0.3) is 0 Å². The Morgan fingerprint density at radius 2 is 2.04 bits per heavy atom. The minimum atomic E-state index is -0.497. The summed E-state index contributed by atoms with van der Waals surface area (Å²) in [4.78, 5) is 17.2. The fourth-order valence-corrected chi connectivity index (χ4v) is 3.38. The second-order valence-electron chi connectivity index (χ2n) is 5.82. The molecule has 2 aromatic rings. The van der Waals surface area contributed by atoms with Crippen LogP contribution in [-0.2, 0) is 9.53 Å². The Morgan fingerprint density at radius 1 is 1.30 bits per heavy atom. The minimum Gasteiger partial charge on any atom is -0.462 e. The monoisotopic (exact) mass is 375 g/mol. The van der Waals surface area contributed by atoms with E-state index < -0.39 is 5.92 Å². The molecule has 0 radical (unpaired) electrons. The maximum absolute atomic E-state index is 12.7. The molecule has 6 heteroatoms. The van der Waals surface area contributed by atoms with Crippen molar-refractivity contribution in [1.82, 2.24) is 9.78 Å². The number of esters is 1. The van der Waals surface area contributed by atoms with E-state index >= 15 is 0 Å². The lowest BCUT2D eigenvalue weighted by Gasteiger charge is -2.31. The van der Waals surface area contributed by atoms with Gasteiger partial charge in [-0.1, -0.05) is 34.1 Å². The Bertz CT molecular complexity index is 767. The first-order valence-corrected chi connectivity index (χ1v) is 8.32. The number of fused-ring (bicyclic) bond motifs is 1. The molecule has 0 spiro atoms. The van der Waals surface area contributed by atoms with Crippen molar-refractivity contribution in [1.29, 1.82) is 0 Å². The molecule has 1 aromatic heterocycles. The topological polar surface area (TPSA) is 56.5 Å². The van der Waals surface area contributed by atoms with Crippen molar-refractivity contribution in [2.75, 3.05) is 0 Å². The van der Waals surface area contributed by atoms with Gasteiger partial charge in [0.1, 0.15) is 5.92 Å². The first-order valence-electron chi connectivity index (χ1n) is 7.52. The van der Waals surface area contributed by atoms with Crippen molar-refractivity contribution in [3.8, 4) is 0 Å². The fourth-order valence-electron chi connectivity index (χ4n) is 2.86. The molecule has 2 atom stereocenters. The predicted octanol–water partition coefficient (Wildman–Crippen LogP) is 3.91. The van der Waals surface area contributed by atoms with Crippen LogP contribution >= 0.6 is 15.9 Å². The molecule has 23 heavy (non-hydrogen) atoms. The van der Waals surface area contributed by atoms with Crippen molar-refractivity contribution < 1.29 is 9.53 Å². The molecule has 0 aliphatic carbocycles. The molecular weight excluding hydrogens is 358 g/mol. The standard InChI is InChI=1S/C17H18BrN3O2/c1-10(2)23-17(22)15-11(3)20-14-8-9-19-21(14)16(15)12-6-4-5-7-13(12)18/h4-10,15-16H,1-3H3. The molecular formula is C17H18BrN3O2. The lowest BCUT2D eigenvalue weighted by Crippen LogP contribution is -2.37. The van der Waals surface area contributed by atoms with Gasteiger partial charge in [-0.2, -0.15) is 5.10 Å². The molecule has 0 saturated carbocycles. The van der Waals surface area contributed by atoms with Crippen LogP contribution in [0.3, 0.4) is 0 Å². The van der Waals surface area contributed by atoms with Crippen LogP contribution in [0.2, 0.25) is 0 Å². The van der Waals surface area contributed by atoms with Crippen molar-refractivity contribution in [3.63, 3.8) is 0 Å². The number of hydrogen-bond donors (Lipinski definition) is 0. The zero-order valence-corrected chi connectivity index (χ0v) is 14.8. The van der Waals surface area contributed by atoms with E-state index in [0.29, 0.717) is 0 Å². The van der Waals surface area contributed by atoms with Gasteiger partial charge in [0.2, 0.25) is 0 Å². The van der Waals surface area contributed by atoms with Gasteiger partial charge in [-0.15, -0.1) is 0 Å².